The number of hydrogen-bond donors (Lipinski definition) is 2. The van der Waals surface area contributed by atoms with Gasteiger partial charge in [-0.2, -0.15) is 4.98 Å². The van der Waals surface area contributed by atoms with Gasteiger partial charge in [0.2, 0.25) is 5.95 Å². The summed E-state index contributed by atoms with van der Waals surface area (Å²) in [6.07, 6.45) is 0. The molecule has 0 aliphatic carbocycles. The van der Waals surface area contributed by atoms with Crippen LogP contribution in [-0.4, -0.2) is 33.8 Å². The highest BCUT2D eigenvalue weighted by Gasteiger charge is 2.35. The highest BCUT2D eigenvalue weighted by molar-refractivity contribution is 6.30. The predicted molar refractivity (Wildman–Crippen MR) is 122 cm³/mol. The summed E-state index contributed by atoms with van der Waals surface area (Å²) in [5.41, 5.74) is 4.60. The summed E-state index contributed by atoms with van der Waals surface area (Å²) in [6.45, 7) is 5.73. The number of anilines is 2. The maximum absolute atomic E-state index is 13.5. The summed E-state index contributed by atoms with van der Waals surface area (Å²) in [5.74, 6) is -0.714. The zero-order valence-corrected chi connectivity index (χ0v) is 18.8. The third-order valence-corrected chi connectivity index (χ3v) is 5.53. The molecule has 9 heteroatoms. The number of carbonyl (C=O) groups is 2. The molecule has 1 aliphatic heterocycles. The predicted octanol–water partition coefficient (Wildman–Crippen LogP) is 4.26. The number of ether oxygens (including phenoxy) is 1. The quantitative estimate of drug-likeness (QED) is 0.575. The van der Waals surface area contributed by atoms with Crippen LogP contribution in [0.25, 0.3) is 0 Å². The van der Waals surface area contributed by atoms with Crippen LogP contribution in [0.3, 0.4) is 0 Å². The molecule has 1 aliphatic rings. The minimum Gasteiger partial charge on any atom is -0.463 e. The fraction of sp³-hybridized carbons (Fsp3) is 0.217. The van der Waals surface area contributed by atoms with Gasteiger partial charge in [-0.15, -0.1) is 5.10 Å². The largest absolute Gasteiger partial charge is 0.463 e. The number of amides is 1. The number of carbonyl (C=O) groups excluding carboxylic acids is 2. The number of nitrogens with one attached hydrogen (secondary N) is 2. The maximum atomic E-state index is 13.5. The lowest BCUT2D eigenvalue weighted by Crippen LogP contribution is -2.31. The van der Waals surface area contributed by atoms with Gasteiger partial charge < -0.3 is 15.4 Å². The number of fused-ring (bicyclic) bond motifs is 1. The van der Waals surface area contributed by atoms with Crippen LogP contribution in [0.15, 0.2) is 53.7 Å². The van der Waals surface area contributed by atoms with Crippen molar-refractivity contribution in [3.05, 3.63) is 81.3 Å². The minimum absolute atomic E-state index is 0.0993. The third kappa shape index (κ3) is 3.97. The summed E-state index contributed by atoms with van der Waals surface area (Å²) in [4.78, 5) is 29.7. The molecule has 0 spiro atoms. The summed E-state index contributed by atoms with van der Waals surface area (Å²) in [7, 11) is 1.26. The smallest absolute Gasteiger partial charge is 0.378 e. The lowest BCUT2D eigenvalue weighted by molar-refractivity contribution is -0.113. The molecule has 1 atom stereocenters. The first-order chi connectivity index (χ1) is 15.3. The van der Waals surface area contributed by atoms with Gasteiger partial charge in [-0.25, -0.2) is 9.48 Å². The van der Waals surface area contributed by atoms with E-state index in [1.807, 2.05) is 44.2 Å². The van der Waals surface area contributed by atoms with E-state index in [-0.39, 0.29) is 11.7 Å². The SMILES string of the molecule is COC(=O)c1nc2n(n1)[C@H](c1ccc(Cl)cc1)C(C(=O)Nc1ccc(C)cc1C)=C(C)N2. The van der Waals surface area contributed by atoms with E-state index >= 15 is 0 Å². The molecule has 0 bridgehead atoms. The van der Waals surface area contributed by atoms with E-state index in [9.17, 15) is 9.59 Å². The Labute approximate surface area is 190 Å². The molecule has 0 fully saturated rings. The van der Waals surface area contributed by atoms with Crippen LogP contribution in [0.5, 0.6) is 0 Å². The third-order valence-electron chi connectivity index (χ3n) is 5.28. The van der Waals surface area contributed by atoms with Crippen molar-refractivity contribution >= 4 is 35.1 Å². The number of aromatic nitrogens is 3. The normalized spacial score (nSPS) is 15.1. The Hall–Kier alpha value is -3.65. The second-order valence-electron chi connectivity index (χ2n) is 7.59. The van der Waals surface area contributed by atoms with Gasteiger partial charge in [-0.1, -0.05) is 41.4 Å². The van der Waals surface area contributed by atoms with Crippen molar-refractivity contribution in [2.45, 2.75) is 26.8 Å². The minimum atomic E-state index is -0.664. The fourth-order valence-electron chi connectivity index (χ4n) is 3.72. The highest BCUT2D eigenvalue weighted by atomic mass is 35.5. The fourth-order valence-corrected chi connectivity index (χ4v) is 3.85. The number of nitrogens with zero attached hydrogens (tertiary/aromatic N) is 3. The van der Waals surface area contributed by atoms with Gasteiger partial charge >= 0.3 is 5.97 Å². The first-order valence-electron chi connectivity index (χ1n) is 9.95. The molecule has 0 radical (unpaired) electrons. The number of esters is 1. The van der Waals surface area contributed by atoms with Gasteiger partial charge in [0.25, 0.3) is 11.7 Å². The Morgan fingerprint density at radius 1 is 1.12 bits per heavy atom. The van der Waals surface area contributed by atoms with Crippen molar-refractivity contribution < 1.29 is 14.3 Å². The van der Waals surface area contributed by atoms with E-state index in [1.165, 1.54) is 11.8 Å². The van der Waals surface area contributed by atoms with Crippen molar-refractivity contribution in [3.8, 4) is 0 Å². The molecule has 2 heterocycles. The maximum Gasteiger partial charge on any atom is 0.378 e. The number of benzene rings is 2. The Balaban J connectivity index is 1.80. The van der Waals surface area contributed by atoms with Crippen molar-refractivity contribution in [2.75, 3.05) is 17.7 Å². The summed E-state index contributed by atoms with van der Waals surface area (Å²) < 4.78 is 6.27. The molecule has 0 unspecified atom stereocenters. The van der Waals surface area contributed by atoms with Gasteiger partial charge in [0.05, 0.1) is 12.7 Å². The van der Waals surface area contributed by atoms with Crippen molar-refractivity contribution in [1.29, 1.82) is 0 Å². The van der Waals surface area contributed by atoms with Crippen LogP contribution >= 0.6 is 11.6 Å². The summed E-state index contributed by atoms with van der Waals surface area (Å²) in [6, 6.07) is 12.3. The van der Waals surface area contributed by atoms with Crippen LogP contribution in [0.4, 0.5) is 11.6 Å². The molecular weight excluding hydrogens is 430 g/mol. The first kappa shape index (κ1) is 21.6. The van der Waals surface area contributed by atoms with Crippen molar-refractivity contribution in [2.24, 2.45) is 0 Å². The Morgan fingerprint density at radius 2 is 1.84 bits per heavy atom. The average Bonchev–Trinajstić information content (AvgIpc) is 3.18. The standard InChI is InChI=1S/C23H22ClN5O3/c1-12-5-10-17(13(2)11-12)26-21(30)18-14(3)25-23-27-20(22(31)32-4)28-29(23)19(18)15-6-8-16(24)9-7-15/h5-11,19H,1-4H3,(H,26,30)(H,25,27,28)/t19-/m1/s1. The van der Waals surface area contributed by atoms with E-state index in [2.05, 4.69) is 20.7 Å². The molecule has 1 amide bonds. The van der Waals surface area contributed by atoms with Crippen LogP contribution in [0.2, 0.25) is 5.02 Å². The average molecular weight is 452 g/mol. The van der Waals surface area contributed by atoms with Gasteiger partial charge in [0, 0.05) is 16.4 Å². The Morgan fingerprint density at radius 3 is 2.50 bits per heavy atom. The summed E-state index contributed by atoms with van der Waals surface area (Å²) in [5, 5.41) is 11.0. The number of allylic oxidation sites excluding steroid dienone is 1. The molecule has 4 rings (SSSR count). The van der Waals surface area contributed by atoms with Gasteiger partial charge in [-0.05, 0) is 50.1 Å². The number of halogens is 1. The molecular formula is C23H22ClN5O3. The number of rotatable bonds is 4. The second-order valence-corrected chi connectivity index (χ2v) is 8.02. The lowest BCUT2D eigenvalue weighted by Gasteiger charge is -2.29. The zero-order valence-electron chi connectivity index (χ0n) is 18.1. The summed E-state index contributed by atoms with van der Waals surface area (Å²) >= 11 is 6.08. The Bertz CT molecular complexity index is 1250. The van der Waals surface area contributed by atoms with Crippen LogP contribution in [-0.2, 0) is 9.53 Å². The van der Waals surface area contributed by atoms with Gasteiger partial charge in [0.1, 0.15) is 6.04 Å². The van der Waals surface area contributed by atoms with Crippen molar-refractivity contribution in [3.63, 3.8) is 0 Å². The van der Waals surface area contributed by atoms with E-state index in [1.54, 1.807) is 19.1 Å². The molecule has 164 valence electrons. The number of aryl methyl sites for hydroxylation is 2. The number of hydrogen-bond acceptors (Lipinski definition) is 6. The van der Waals surface area contributed by atoms with Gasteiger partial charge in [0.15, 0.2) is 0 Å². The highest BCUT2D eigenvalue weighted by Crippen LogP contribution is 2.36. The molecule has 2 N–H and O–H groups in total. The first-order valence-corrected chi connectivity index (χ1v) is 10.3. The van der Waals surface area contributed by atoms with E-state index in [0.717, 1.165) is 22.4 Å². The molecule has 2 aromatic carbocycles. The monoisotopic (exact) mass is 451 g/mol. The van der Waals surface area contributed by atoms with Gasteiger partial charge in [-0.3, -0.25) is 4.79 Å². The molecule has 8 nitrogen and oxygen atoms in total. The van der Waals surface area contributed by atoms with E-state index in [4.69, 9.17) is 16.3 Å². The van der Waals surface area contributed by atoms with Crippen LogP contribution in [0.1, 0.15) is 40.3 Å². The topological polar surface area (TPSA) is 98.1 Å². The van der Waals surface area contributed by atoms with E-state index in [0.29, 0.717) is 22.2 Å². The number of methoxy groups -OCH3 is 1. The molecule has 3 aromatic rings. The molecule has 0 saturated heterocycles. The van der Waals surface area contributed by atoms with Crippen LogP contribution < -0.4 is 10.6 Å². The van der Waals surface area contributed by atoms with Crippen LogP contribution in [0, 0.1) is 13.8 Å². The lowest BCUT2D eigenvalue weighted by atomic mass is 9.95. The molecule has 1 aromatic heterocycles. The molecule has 0 saturated carbocycles. The Kier molecular flexibility index (Phi) is 5.71. The zero-order chi connectivity index (χ0) is 23.0. The second kappa shape index (κ2) is 8.47. The molecule has 32 heavy (non-hydrogen) atoms. The van der Waals surface area contributed by atoms with Crippen molar-refractivity contribution in [1.82, 2.24) is 14.8 Å². The van der Waals surface area contributed by atoms with E-state index < -0.39 is 12.0 Å².